The molecule has 2 fully saturated rings. The van der Waals surface area contributed by atoms with E-state index in [1.165, 1.54) is 32.1 Å². The van der Waals surface area contributed by atoms with Crippen molar-refractivity contribution in [3.63, 3.8) is 0 Å². The molecule has 0 heterocycles. The molecule has 11 heavy (non-hydrogen) atoms. The van der Waals surface area contributed by atoms with Gasteiger partial charge in [-0.2, -0.15) is 0 Å². The minimum absolute atomic E-state index is 0.534. The lowest BCUT2D eigenvalue weighted by molar-refractivity contribution is 0.131. The summed E-state index contributed by atoms with van der Waals surface area (Å²) in [5, 5.41) is 0. The fraction of sp³-hybridized carbons (Fsp3) is 1.00. The fourth-order valence-electron chi connectivity index (χ4n) is 3.24. The van der Waals surface area contributed by atoms with Gasteiger partial charge < -0.3 is 5.73 Å². The zero-order chi connectivity index (χ0) is 7.84. The topological polar surface area (TPSA) is 26.0 Å². The predicted octanol–water partition coefficient (Wildman–Crippen LogP) is 2.16. The van der Waals surface area contributed by atoms with Crippen molar-refractivity contribution in [1.29, 1.82) is 0 Å². The number of nitrogens with two attached hydrogens (primary N) is 1. The monoisotopic (exact) mass is 153 g/mol. The Hall–Kier alpha value is -0.0400. The van der Waals surface area contributed by atoms with Gasteiger partial charge in [-0.05, 0) is 49.9 Å². The van der Waals surface area contributed by atoms with Crippen molar-refractivity contribution in [1.82, 2.24) is 0 Å². The van der Waals surface area contributed by atoms with E-state index in [-0.39, 0.29) is 0 Å². The SMILES string of the molecule is CC1CC2C[C@H](N)C[C@H](C1)C2. The minimum Gasteiger partial charge on any atom is -0.328 e. The first-order chi connectivity index (χ1) is 5.24. The van der Waals surface area contributed by atoms with Crippen molar-refractivity contribution >= 4 is 0 Å². The molecule has 0 saturated heterocycles. The van der Waals surface area contributed by atoms with Crippen LogP contribution in [0.15, 0.2) is 0 Å². The molecule has 2 aliphatic rings. The van der Waals surface area contributed by atoms with Crippen molar-refractivity contribution in [3.8, 4) is 0 Å². The Morgan fingerprint density at radius 2 is 1.45 bits per heavy atom. The second kappa shape index (κ2) is 2.78. The van der Waals surface area contributed by atoms with Gasteiger partial charge in [-0.1, -0.05) is 6.92 Å². The molecule has 2 N–H and O–H groups in total. The van der Waals surface area contributed by atoms with Crippen LogP contribution in [-0.2, 0) is 0 Å². The normalized spacial score (nSPS) is 50.7. The lowest BCUT2D eigenvalue weighted by atomic mass is 9.67. The Morgan fingerprint density at radius 1 is 0.909 bits per heavy atom. The molecule has 2 saturated carbocycles. The summed E-state index contributed by atoms with van der Waals surface area (Å²) in [5.41, 5.74) is 5.97. The molecule has 0 radical (unpaired) electrons. The first-order valence-corrected chi connectivity index (χ1v) is 4.99. The van der Waals surface area contributed by atoms with Gasteiger partial charge in [0.25, 0.3) is 0 Å². The second-order valence-corrected chi connectivity index (χ2v) is 4.78. The number of hydrogen-bond acceptors (Lipinski definition) is 1. The van der Waals surface area contributed by atoms with E-state index in [4.69, 9.17) is 5.73 Å². The molecule has 2 unspecified atom stereocenters. The average molecular weight is 153 g/mol. The van der Waals surface area contributed by atoms with E-state index in [1.54, 1.807) is 0 Å². The lowest BCUT2D eigenvalue weighted by Crippen LogP contribution is -2.37. The molecule has 64 valence electrons. The highest BCUT2D eigenvalue weighted by Gasteiger charge is 2.32. The summed E-state index contributed by atoms with van der Waals surface area (Å²) in [6, 6.07) is 0.534. The van der Waals surface area contributed by atoms with Crippen LogP contribution in [0.5, 0.6) is 0 Å². The van der Waals surface area contributed by atoms with E-state index < -0.39 is 0 Å². The quantitative estimate of drug-likeness (QED) is 0.567. The third-order valence-corrected chi connectivity index (χ3v) is 3.41. The first kappa shape index (κ1) is 7.60. The predicted molar refractivity (Wildman–Crippen MR) is 47.2 cm³/mol. The highest BCUT2D eigenvalue weighted by atomic mass is 14.7. The average Bonchev–Trinajstić information content (AvgIpc) is 1.82. The van der Waals surface area contributed by atoms with Gasteiger partial charge in [0.05, 0.1) is 0 Å². The molecule has 2 aliphatic carbocycles. The summed E-state index contributed by atoms with van der Waals surface area (Å²) in [7, 11) is 0. The van der Waals surface area contributed by atoms with E-state index in [2.05, 4.69) is 6.92 Å². The maximum atomic E-state index is 5.97. The summed E-state index contributed by atoms with van der Waals surface area (Å²) in [5.74, 6) is 2.94. The number of fused-ring (bicyclic) bond motifs is 2. The van der Waals surface area contributed by atoms with E-state index in [1.807, 2.05) is 0 Å². The van der Waals surface area contributed by atoms with E-state index in [9.17, 15) is 0 Å². The van der Waals surface area contributed by atoms with Crippen LogP contribution < -0.4 is 5.73 Å². The molecule has 4 atom stereocenters. The van der Waals surface area contributed by atoms with Gasteiger partial charge in [-0.25, -0.2) is 0 Å². The zero-order valence-electron chi connectivity index (χ0n) is 7.42. The van der Waals surface area contributed by atoms with Gasteiger partial charge >= 0.3 is 0 Å². The summed E-state index contributed by atoms with van der Waals surface area (Å²) in [6.07, 6.45) is 6.99. The van der Waals surface area contributed by atoms with Gasteiger partial charge in [0.2, 0.25) is 0 Å². The number of hydrogen-bond donors (Lipinski definition) is 1. The Balaban J connectivity index is 2.00. The standard InChI is InChI=1S/C10H19N/c1-7-2-8-4-9(3-7)6-10(11)5-8/h7-10H,2-6,11H2,1H3/t7?,8-,9?,10-/m1/s1. The summed E-state index contributed by atoms with van der Waals surface area (Å²) < 4.78 is 0. The highest BCUT2D eigenvalue weighted by molar-refractivity contribution is 4.86. The van der Waals surface area contributed by atoms with Crippen LogP contribution in [0.3, 0.4) is 0 Å². The molecule has 0 aromatic rings. The van der Waals surface area contributed by atoms with Gasteiger partial charge in [0.15, 0.2) is 0 Å². The first-order valence-electron chi connectivity index (χ1n) is 4.99. The second-order valence-electron chi connectivity index (χ2n) is 4.78. The maximum Gasteiger partial charge on any atom is 0.00441 e. The largest absolute Gasteiger partial charge is 0.328 e. The van der Waals surface area contributed by atoms with Crippen molar-refractivity contribution < 1.29 is 0 Å². The molecule has 0 amide bonds. The van der Waals surface area contributed by atoms with Crippen molar-refractivity contribution in [2.75, 3.05) is 0 Å². The Morgan fingerprint density at radius 3 is 2.00 bits per heavy atom. The smallest absolute Gasteiger partial charge is 0.00441 e. The van der Waals surface area contributed by atoms with Gasteiger partial charge in [-0.3, -0.25) is 0 Å². The Labute approximate surface area is 69.4 Å². The summed E-state index contributed by atoms with van der Waals surface area (Å²) in [4.78, 5) is 0. The summed E-state index contributed by atoms with van der Waals surface area (Å²) >= 11 is 0. The molecule has 0 aliphatic heterocycles. The van der Waals surface area contributed by atoms with Gasteiger partial charge in [-0.15, -0.1) is 0 Å². The molecule has 1 nitrogen and oxygen atoms in total. The van der Waals surface area contributed by atoms with Crippen LogP contribution in [-0.4, -0.2) is 6.04 Å². The van der Waals surface area contributed by atoms with Gasteiger partial charge in [0, 0.05) is 6.04 Å². The minimum atomic E-state index is 0.534. The van der Waals surface area contributed by atoms with Crippen LogP contribution >= 0.6 is 0 Å². The van der Waals surface area contributed by atoms with Crippen molar-refractivity contribution in [2.45, 2.75) is 45.1 Å². The molecule has 0 aromatic carbocycles. The van der Waals surface area contributed by atoms with Crippen LogP contribution in [0.25, 0.3) is 0 Å². The Kier molecular flexibility index (Phi) is 1.92. The molecular formula is C10H19N. The van der Waals surface area contributed by atoms with Gasteiger partial charge in [0.1, 0.15) is 0 Å². The molecule has 0 spiro atoms. The van der Waals surface area contributed by atoms with Crippen LogP contribution in [0, 0.1) is 17.8 Å². The maximum absolute atomic E-state index is 5.97. The molecule has 2 bridgehead atoms. The van der Waals surface area contributed by atoms with E-state index >= 15 is 0 Å². The van der Waals surface area contributed by atoms with Crippen LogP contribution in [0.2, 0.25) is 0 Å². The summed E-state index contributed by atoms with van der Waals surface area (Å²) in [6.45, 7) is 2.40. The Bertz CT molecular complexity index is 110. The molecular weight excluding hydrogens is 134 g/mol. The van der Waals surface area contributed by atoms with Crippen molar-refractivity contribution in [3.05, 3.63) is 0 Å². The van der Waals surface area contributed by atoms with Crippen LogP contribution in [0.1, 0.15) is 39.0 Å². The molecule has 0 aromatic heterocycles. The highest BCUT2D eigenvalue weighted by Crippen LogP contribution is 2.41. The molecule has 2 rings (SSSR count). The lowest BCUT2D eigenvalue weighted by Gasteiger charge is -2.40. The molecule has 1 heteroatoms. The number of rotatable bonds is 0. The van der Waals surface area contributed by atoms with Crippen LogP contribution in [0.4, 0.5) is 0 Å². The third kappa shape index (κ3) is 1.58. The fourth-order valence-corrected chi connectivity index (χ4v) is 3.24. The van der Waals surface area contributed by atoms with E-state index in [0.29, 0.717) is 6.04 Å². The van der Waals surface area contributed by atoms with E-state index in [0.717, 1.165) is 17.8 Å². The zero-order valence-corrected chi connectivity index (χ0v) is 7.42. The van der Waals surface area contributed by atoms with Crippen molar-refractivity contribution in [2.24, 2.45) is 23.5 Å². The third-order valence-electron chi connectivity index (χ3n) is 3.41.